The molecule has 0 unspecified atom stereocenters. The first kappa shape index (κ1) is 13.2. The van der Waals surface area contributed by atoms with E-state index in [0.717, 1.165) is 0 Å². The second kappa shape index (κ2) is 4.46. The fourth-order valence-electron chi connectivity index (χ4n) is 2.04. The molecule has 1 aromatic carbocycles. The summed E-state index contributed by atoms with van der Waals surface area (Å²) >= 11 is 3.21. The number of nitro groups is 1. The van der Waals surface area contributed by atoms with Crippen LogP contribution in [0, 0.1) is 17.0 Å². The predicted octanol–water partition coefficient (Wildman–Crippen LogP) is 3.51. The summed E-state index contributed by atoms with van der Waals surface area (Å²) in [7, 11) is 0. The highest BCUT2D eigenvalue weighted by Gasteiger charge is 2.39. The quantitative estimate of drug-likeness (QED) is 0.618. The zero-order valence-corrected chi connectivity index (χ0v) is 11.2. The average Bonchev–Trinajstić information content (AvgIpc) is 2.61. The average molecular weight is 321 g/mol. The molecule has 4 nitrogen and oxygen atoms in total. The Morgan fingerprint density at radius 1 is 1.50 bits per heavy atom. The Balaban J connectivity index is 2.36. The van der Waals surface area contributed by atoms with Crippen molar-refractivity contribution in [2.45, 2.75) is 19.3 Å². The number of anilines is 1. The van der Waals surface area contributed by atoms with Crippen LogP contribution in [0.15, 0.2) is 16.6 Å². The standard InChI is InChI=1S/C11H11BrF2N2O2/c1-7-4-10(8(12)5-9(7)16(17)18)15-3-2-11(13,14)6-15/h4-5H,2-3,6H2,1H3. The van der Waals surface area contributed by atoms with Gasteiger partial charge in [0.05, 0.1) is 17.2 Å². The van der Waals surface area contributed by atoms with Crippen molar-refractivity contribution in [1.29, 1.82) is 0 Å². The molecule has 98 valence electrons. The lowest BCUT2D eigenvalue weighted by atomic mass is 10.1. The Hall–Kier alpha value is -1.24. The summed E-state index contributed by atoms with van der Waals surface area (Å²) in [6, 6.07) is 2.94. The summed E-state index contributed by atoms with van der Waals surface area (Å²) in [6.07, 6.45) is -0.185. The van der Waals surface area contributed by atoms with E-state index in [1.165, 1.54) is 6.07 Å². The number of benzene rings is 1. The molecule has 1 fully saturated rings. The number of alkyl halides is 2. The summed E-state index contributed by atoms with van der Waals surface area (Å²) in [6.45, 7) is 1.51. The fraction of sp³-hybridized carbons (Fsp3) is 0.455. The van der Waals surface area contributed by atoms with Crippen molar-refractivity contribution in [1.82, 2.24) is 0 Å². The third-order valence-corrected chi connectivity index (χ3v) is 3.61. The van der Waals surface area contributed by atoms with Gasteiger partial charge in [-0.1, -0.05) is 0 Å². The topological polar surface area (TPSA) is 46.4 Å². The molecule has 1 aliphatic rings. The van der Waals surface area contributed by atoms with Crippen LogP contribution >= 0.6 is 15.9 Å². The summed E-state index contributed by atoms with van der Waals surface area (Å²) in [5, 5.41) is 10.8. The number of hydrogen-bond donors (Lipinski definition) is 0. The first-order chi connectivity index (χ1) is 8.30. The maximum atomic E-state index is 13.2. The van der Waals surface area contributed by atoms with E-state index in [1.807, 2.05) is 0 Å². The van der Waals surface area contributed by atoms with E-state index in [9.17, 15) is 18.9 Å². The molecule has 0 aliphatic carbocycles. The van der Waals surface area contributed by atoms with Gasteiger partial charge in [0.2, 0.25) is 0 Å². The summed E-state index contributed by atoms with van der Waals surface area (Å²) < 4.78 is 26.8. The van der Waals surface area contributed by atoms with Gasteiger partial charge in [0.1, 0.15) is 0 Å². The van der Waals surface area contributed by atoms with Crippen LogP contribution < -0.4 is 4.90 Å². The van der Waals surface area contributed by atoms with Gasteiger partial charge in [-0.05, 0) is 28.9 Å². The lowest BCUT2D eigenvalue weighted by Gasteiger charge is -2.20. The van der Waals surface area contributed by atoms with Crippen molar-refractivity contribution in [3.63, 3.8) is 0 Å². The molecular weight excluding hydrogens is 310 g/mol. The number of halogens is 3. The van der Waals surface area contributed by atoms with E-state index < -0.39 is 10.8 Å². The third-order valence-electron chi connectivity index (χ3n) is 2.97. The minimum atomic E-state index is -2.69. The molecule has 1 aromatic rings. The van der Waals surface area contributed by atoms with Crippen LogP contribution in [0.1, 0.15) is 12.0 Å². The highest BCUT2D eigenvalue weighted by atomic mass is 79.9. The number of aryl methyl sites for hydroxylation is 1. The van der Waals surface area contributed by atoms with Crippen LogP contribution in [0.4, 0.5) is 20.2 Å². The Bertz CT molecular complexity index is 508. The van der Waals surface area contributed by atoms with Crippen LogP contribution in [-0.2, 0) is 0 Å². The largest absolute Gasteiger partial charge is 0.364 e. The van der Waals surface area contributed by atoms with Crippen LogP contribution in [0.25, 0.3) is 0 Å². The number of hydrogen-bond acceptors (Lipinski definition) is 3. The van der Waals surface area contributed by atoms with Gasteiger partial charge in [0.15, 0.2) is 0 Å². The van der Waals surface area contributed by atoms with E-state index >= 15 is 0 Å². The van der Waals surface area contributed by atoms with Gasteiger partial charge >= 0.3 is 0 Å². The molecule has 7 heteroatoms. The maximum Gasteiger partial charge on any atom is 0.273 e. The van der Waals surface area contributed by atoms with Crippen LogP contribution in [-0.4, -0.2) is 23.9 Å². The van der Waals surface area contributed by atoms with E-state index in [2.05, 4.69) is 15.9 Å². The van der Waals surface area contributed by atoms with Gasteiger partial charge < -0.3 is 4.90 Å². The second-order valence-electron chi connectivity index (χ2n) is 4.37. The molecule has 0 amide bonds. The lowest BCUT2D eigenvalue weighted by molar-refractivity contribution is -0.385. The van der Waals surface area contributed by atoms with Gasteiger partial charge in [-0.15, -0.1) is 0 Å². The molecule has 0 atom stereocenters. The van der Waals surface area contributed by atoms with Gasteiger partial charge in [0.25, 0.3) is 11.6 Å². The van der Waals surface area contributed by atoms with Crippen molar-refractivity contribution in [2.75, 3.05) is 18.0 Å². The Labute approximate surface area is 111 Å². The van der Waals surface area contributed by atoms with Crippen LogP contribution in [0.5, 0.6) is 0 Å². The molecular formula is C11H11BrF2N2O2. The zero-order chi connectivity index (χ0) is 13.5. The summed E-state index contributed by atoms with van der Waals surface area (Å²) in [5.74, 6) is -2.69. The van der Waals surface area contributed by atoms with Crippen molar-refractivity contribution in [3.05, 3.63) is 32.3 Å². The molecule has 0 saturated carbocycles. The summed E-state index contributed by atoms with van der Waals surface area (Å²) in [5.41, 5.74) is 1.03. The van der Waals surface area contributed by atoms with Crippen molar-refractivity contribution >= 4 is 27.3 Å². The van der Waals surface area contributed by atoms with Gasteiger partial charge in [-0.3, -0.25) is 10.1 Å². The van der Waals surface area contributed by atoms with Gasteiger partial charge in [-0.2, -0.15) is 0 Å². The maximum absolute atomic E-state index is 13.2. The fourth-order valence-corrected chi connectivity index (χ4v) is 2.62. The minimum Gasteiger partial charge on any atom is -0.364 e. The highest BCUT2D eigenvalue weighted by Crippen LogP contribution is 2.37. The predicted molar refractivity (Wildman–Crippen MR) is 67.3 cm³/mol. The smallest absolute Gasteiger partial charge is 0.273 e. The van der Waals surface area contributed by atoms with Crippen molar-refractivity contribution < 1.29 is 13.7 Å². The SMILES string of the molecule is Cc1cc(N2CCC(F)(F)C2)c(Br)cc1[N+](=O)[O-]. The molecule has 2 rings (SSSR count). The van der Waals surface area contributed by atoms with Crippen LogP contribution in [0.3, 0.4) is 0 Å². The van der Waals surface area contributed by atoms with Gasteiger partial charge in [-0.25, -0.2) is 8.78 Å². The Kier molecular flexibility index (Phi) is 3.27. The van der Waals surface area contributed by atoms with Crippen molar-refractivity contribution in [2.24, 2.45) is 0 Å². The Morgan fingerprint density at radius 3 is 2.67 bits per heavy atom. The molecule has 0 N–H and O–H groups in total. The second-order valence-corrected chi connectivity index (χ2v) is 5.23. The van der Waals surface area contributed by atoms with E-state index in [4.69, 9.17) is 0 Å². The number of rotatable bonds is 2. The molecule has 1 aliphatic heterocycles. The highest BCUT2D eigenvalue weighted by molar-refractivity contribution is 9.10. The number of nitrogens with zero attached hydrogens (tertiary/aromatic N) is 2. The molecule has 0 bridgehead atoms. The Morgan fingerprint density at radius 2 is 2.17 bits per heavy atom. The first-order valence-corrected chi connectivity index (χ1v) is 6.17. The monoisotopic (exact) mass is 320 g/mol. The van der Waals surface area contributed by atoms with E-state index in [0.29, 0.717) is 15.7 Å². The zero-order valence-electron chi connectivity index (χ0n) is 9.62. The normalized spacial score (nSPS) is 18.1. The van der Waals surface area contributed by atoms with Crippen molar-refractivity contribution in [3.8, 4) is 0 Å². The molecule has 1 saturated heterocycles. The van der Waals surface area contributed by atoms with E-state index in [1.54, 1.807) is 17.9 Å². The molecule has 1 heterocycles. The molecule has 0 radical (unpaired) electrons. The van der Waals surface area contributed by atoms with Gasteiger partial charge in [0, 0.05) is 29.1 Å². The van der Waals surface area contributed by atoms with E-state index in [-0.39, 0.29) is 25.2 Å². The molecule has 0 spiro atoms. The van der Waals surface area contributed by atoms with Crippen LogP contribution in [0.2, 0.25) is 0 Å². The molecule has 0 aromatic heterocycles. The third kappa shape index (κ3) is 2.45. The lowest BCUT2D eigenvalue weighted by Crippen LogP contribution is -2.25. The summed E-state index contributed by atoms with van der Waals surface area (Å²) in [4.78, 5) is 11.8. The minimum absolute atomic E-state index is 0.0171. The number of nitro benzene ring substituents is 1. The first-order valence-electron chi connectivity index (χ1n) is 5.37. The molecule has 18 heavy (non-hydrogen) atoms.